The molecule has 0 aromatic heterocycles. The summed E-state index contributed by atoms with van der Waals surface area (Å²) in [4.78, 5) is 12.8. The molecule has 1 N–H and O–H groups in total. The topological polar surface area (TPSA) is 47.6 Å². The van der Waals surface area contributed by atoms with E-state index in [1.54, 1.807) is 0 Å². The molecule has 0 unspecified atom stereocenters. The average molecular weight is 341 g/mol. The van der Waals surface area contributed by atoms with Gasteiger partial charge in [-0.05, 0) is 80.8 Å². The van der Waals surface area contributed by atoms with E-state index in [2.05, 4.69) is 12.2 Å². The first-order valence-electron chi connectivity index (χ1n) is 9.80. The van der Waals surface area contributed by atoms with Gasteiger partial charge < -0.3 is 14.8 Å². The second kappa shape index (κ2) is 5.65. The van der Waals surface area contributed by atoms with E-state index in [1.807, 2.05) is 24.3 Å². The van der Waals surface area contributed by atoms with E-state index in [0.29, 0.717) is 11.2 Å². The van der Waals surface area contributed by atoms with Crippen LogP contribution in [0.15, 0.2) is 24.3 Å². The van der Waals surface area contributed by atoms with Crippen LogP contribution in [0.2, 0.25) is 0 Å². The van der Waals surface area contributed by atoms with Crippen molar-refractivity contribution in [1.29, 1.82) is 0 Å². The highest BCUT2D eigenvalue weighted by atomic mass is 16.6. The van der Waals surface area contributed by atoms with Crippen molar-refractivity contribution < 1.29 is 14.3 Å². The van der Waals surface area contributed by atoms with Gasteiger partial charge in [-0.15, -0.1) is 0 Å². The normalized spacial score (nSPS) is 39.1. The summed E-state index contributed by atoms with van der Waals surface area (Å²) in [7, 11) is 0. The average Bonchev–Trinajstić information content (AvgIpc) is 2.60. The maximum Gasteiger partial charge on any atom is 0.264 e. The van der Waals surface area contributed by atoms with Crippen LogP contribution in [0.4, 0.5) is 0 Å². The maximum atomic E-state index is 12.8. The molecule has 4 bridgehead atoms. The van der Waals surface area contributed by atoms with Gasteiger partial charge in [-0.1, -0.05) is 12.1 Å². The van der Waals surface area contributed by atoms with Crippen LogP contribution < -0.4 is 14.8 Å². The first-order chi connectivity index (χ1) is 12.1. The minimum absolute atomic E-state index is 0.0299. The fraction of sp³-hybridized carbons (Fsp3) is 0.667. The molecule has 1 amide bonds. The van der Waals surface area contributed by atoms with Gasteiger partial charge >= 0.3 is 0 Å². The fourth-order valence-corrected chi connectivity index (χ4v) is 6.32. The van der Waals surface area contributed by atoms with E-state index in [-0.39, 0.29) is 18.6 Å². The van der Waals surface area contributed by atoms with Crippen LogP contribution in [0.25, 0.3) is 0 Å². The number of carbonyl (C=O) groups excluding carboxylic acids is 1. The number of amides is 1. The monoisotopic (exact) mass is 341 g/mol. The molecule has 1 aromatic carbocycles. The summed E-state index contributed by atoms with van der Waals surface area (Å²) in [5, 5.41) is 3.29. The molecular weight excluding hydrogens is 314 g/mol. The predicted octanol–water partition coefficient (Wildman–Crippen LogP) is 3.55. The molecule has 6 rings (SSSR count). The Bertz CT molecular complexity index is 650. The Balaban J connectivity index is 1.27. The molecule has 1 heterocycles. The third kappa shape index (κ3) is 2.61. The zero-order valence-electron chi connectivity index (χ0n) is 14.9. The van der Waals surface area contributed by atoms with Crippen molar-refractivity contribution in [2.75, 3.05) is 6.61 Å². The third-order valence-corrected chi connectivity index (χ3v) is 7.16. The van der Waals surface area contributed by atoms with Crippen LogP contribution in [-0.2, 0) is 4.79 Å². The van der Waals surface area contributed by atoms with Crippen LogP contribution >= 0.6 is 0 Å². The Morgan fingerprint density at radius 3 is 2.32 bits per heavy atom. The minimum atomic E-state index is -0.550. The smallest absolute Gasteiger partial charge is 0.264 e. The van der Waals surface area contributed by atoms with Crippen molar-refractivity contribution in [2.24, 2.45) is 23.2 Å². The molecule has 0 spiro atoms. The SMILES string of the molecule is C[C@@H](NC(=O)[C@@H]1COc2ccccc2O1)C12CC3CC(CC(C3)C1)C2. The second-order valence-corrected chi connectivity index (χ2v) is 8.87. The summed E-state index contributed by atoms with van der Waals surface area (Å²) in [5.74, 6) is 4.04. The Morgan fingerprint density at radius 1 is 1.08 bits per heavy atom. The lowest BCUT2D eigenvalue weighted by molar-refractivity contribution is -0.134. The number of fused-ring (bicyclic) bond motifs is 1. The number of para-hydroxylation sites is 2. The zero-order chi connectivity index (χ0) is 17.0. The van der Waals surface area contributed by atoms with Crippen molar-refractivity contribution in [2.45, 2.75) is 57.6 Å². The minimum Gasteiger partial charge on any atom is -0.485 e. The molecule has 5 aliphatic rings. The van der Waals surface area contributed by atoms with Gasteiger partial charge in [0, 0.05) is 6.04 Å². The van der Waals surface area contributed by atoms with Gasteiger partial charge in [-0.2, -0.15) is 0 Å². The lowest BCUT2D eigenvalue weighted by atomic mass is 9.48. The molecule has 4 heteroatoms. The summed E-state index contributed by atoms with van der Waals surface area (Å²) in [6.45, 7) is 2.50. The summed E-state index contributed by atoms with van der Waals surface area (Å²) in [5.41, 5.74) is 0.317. The molecule has 25 heavy (non-hydrogen) atoms. The summed E-state index contributed by atoms with van der Waals surface area (Å²) < 4.78 is 11.6. The van der Waals surface area contributed by atoms with Crippen LogP contribution in [0.1, 0.15) is 45.4 Å². The third-order valence-electron chi connectivity index (χ3n) is 7.16. The molecule has 1 aliphatic heterocycles. The van der Waals surface area contributed by atoms with E-state index in [4.69, 9.17) is 9.47 Å². The van der Waals surface area contributed by atoms with E-state index in [9.17, 15) is 4.79 Å². The van der Waals surface area contributed by atoms with E-state index in [1.165, 1.54) is 38.5 Å². The summed E-state index contributed by atoms with van der Waals surface area (Å²) >= 11 is 0. The first kappa shape index (κ1) is 15.5. The van der Waals surface area contributed by atoms with Crippen molar-refractivity contribution in [3.05, 3.63) is 24.3 Å². The quantitative estimate of drug-likeness (QED) is 0.915. The number of hydrogen-bond donors (Lipinski definition) is 1. The highest BCUT2D eigenvalue weighted by Crippen LogP contribution is 2.61. The number of carbonyl (C=O) groups is 1. The molecule has 134 valence electrons. The van der Waals surface area contributed by atoms with Gasteiger partial charge in [0.15, 0.2) is 11.5 Å². The van der Waals surface area contributed by atoms with Gasteiger partial charge in [0.2, 0.25) is 6.10 Å². The standard InChI is InChI=1S/C21H27NO3/c1-13(21-9-14-6-15(10-21)8-16(7-14)11-21)22-20(23)19-12-24-17-4-2-3-5-18(17)25-19/h2-5,13-16,19H,6-12H2,1H3,(H,22,23)/t13-,14?,15?,16?,19+,21?/m1/s1. The molecule has 0 saturated heterocycles. The van der Waals surface area contributed by atoms with E-state index < -0.39 is 6.10 Å². The number of nitrogens with one attached hydrogen (secondary N) is 1. The Labute approximate surface area is 149 Å². The predicted molar refractivity (Wildman–Crippen MR) is 94.6 cm³/mol. The Kier molecular flexibility index (Phi) is 3.51. The molecule has 2 atom stereocenters. The molecular formula is C21H27NO3. The van der Waals surface area contributed by atoms with E-state index in [0.717, 1.165) is 23.5 Å². The lowest BCUT2D eigenvalue weighted by Gasteiger charge is -2.59. The van der Waals surface area contributed by atoms with Gasteiger partial charge in [0.25, 0.3) is 5.91 Å². The largest absolute Gasteiger partial charge is 0.485 e. The fourth-order valence-electron chi connectivity index (χ4n) is 6.32. The van der Waals surface area contributed by atoms with Crippen LogP contribution in [0.3, 0.4) is 0 Å². The highest BCUT2D eigenvalue weighted by Gasteiger charge is 2.53. The highest BCUT2D eigenvalue weighted by molar-refractivity contribution is 5.82. The molecule has 4 saturated carbocycles. The van der Waals surface area contributed by atoms with Crippen molar-refractivity contribution >= 4 is 5.91 Å². The maximum absolute atomic E-state index is 12.8. The lowest BCUT2D eigenvalue weighted by Crippen LogP contribution is -2.58. The Morgan fingerprint density at radius 2 is 1.68 bits per heavy atom. The summed E-state index contributed by atoms with van der Waals surface area (Å²) in [6, 6.07) is 7.77. The van der Waals surface area contributed by atoms with Crippen LogP contribution in [0.5, 0.6) is 11.5 Å². The van der Waals surface area contributed by atoms with Crippen molar-refractivity contribution in [1.82, 2.24) is 5.32 Å². The molecule has 4 aliphatic carbocycles. The van der Waals surface area contributed by atoms with Gasteiger partial charge in [0.05, 0.1) is 0 Å². The summed E-state index contributed by atoms with van der Waals surface area (Å²) in [6.07, 6.45) is 7.62. The van der Waals surface area contributed by atoms with Gasteiger partial charge in [-0.25, -0.2) is 0 Å². The van der Waals surface area contributed by atoms with Crippen LogP contribution in [0, 0.1) is 23.2 Å². The number of ether oxygens (including phenoxy) is 2. The van der Waals surface area contributed by atoms with E-state index >= 15 is 0 Å². The van der Waals surface area contributed by atoms with Crippen molar-refractivity contribution in [3.63, 3.8) is 0 Å². The molecule has 4 fully saturated rings. The number of hydrogen-bond acceptors (Lipinski definition) is 3. The van der Waals surface area contributed by atoms with Gasteiger partial charge in [-0.3, -0.25) is 4.79 Å². The molecule has 0 radical (unpaired) electrons. The zero-order valence-corrected chi connectivity index (χ0v) is 14.9. The second-order valence-electron chi connectivity index (χ2n) is 8.87. The van der Waals surface area contributed by atoms with Crippen molar-refractivity contribution in [3.8, 4) is 11.5 Å². The first-order valence-corrected chi connectivity index (χ1v) is 9.80. The van der Waals surface area contributed by atoms with Gasteiger partial charge in [0.1, 0.15) is 6.61 Å². The molecule has 4 nitrogen and oxygen atoms in total. The number of benzene rings is 1. The number of rotatable bonds is 3. The molecule has 1 aromatic rings. The Hall–Kier alpha value is -1.71. The van der Waals surface area contributed by atoms with Crippen LogP contribution in [-0.4, -0.2) is 24.7 Å².